The fourth-order valence-corrected chi connectivity index (χ4v) is 3.80. The van der Waals surface area contributed by atoms with Crippen LogP contribution in [0, 0.1) is 11.3 Å². The van der Waals surface area contributed by atoms with Crippen molar-refractivity contribution < 1.29 is 4.74 Å². The maximum Gasteiger partial charge on any atom is 0.138 e. The minimum atomic E-state index is -0.0880. The second-order valence-corrected chi connectivity index (χ2v) is 6.72. The number of hydrogen-bond acceptors (Lipinski definition) is 6. The standard InChI is InChI=1S/C17H15N5OS/c1-23-15-6-13-14(5-11(15)7-18)22(9-20-13)8-10-2-3-12-16(4-10)24-17(19)21-12/h2-6,9,17,21H,8,19H2,1H3. The number of thioether (sulfide) groups is 1. The number of fused-ring (bicyclic) bond motifs is 2. The Morgan fingerprint density at radius 2 is 2.29 bits per heavy atom. The number of nitrogens with zero attached hydrogens (tertiary/aromatic N) is 3. The summed E-state index contributed by atoms with van der Waals surface area (Å²) in [6.45, 7) is 0.677. The number of nitrogens with two attached hydrogens (primary N) is 1. The first-order valence-electron chi connectivity index (χ1n) is 7.42. The van der Waals surface area contributed by atoms with Crippen LogP contribution in [0.25, 0.3) is 11.0 Å². The number of anilines is 1. The number of nitrogens with one attached hydrogen (secondary N) is 1. The van der Waals surface area contributed by atoms with Gasteiger partial charge in [0.05, 0.1) is 30.0 Å². The van der Waals surface area contributed by atoms with Gasteiger partial charge in [0.2, 0.25) is 0 Å². The van der Waals surface area contributed by atoms with Crippen LogP contribution in [0.3, 0.4) is 0 Å². The lowest BCUT2D eigenvalue weighted by Gasteiger charge is -2.08. The van der Waals surface area contributed by atoms with Gasteiger partial charge in [-0.3, -0.25) is 0 Å². The van der Waals surface area contributed by atoms with Gasteiger partial charge in [0.15, 0.2) is 0 Å². The number of ether oxygens (including phenoxy) is 1. The minimum absolute atomic E-state index is 0.0880. The van der Waals surface area contributed by atoms with Crippen molar-refractivity contribution in [2.24, 2.45) is 5.73 Å². The molecule has 1 unspecified atom stereocenters. The lowest BCUT2D eigenvalue weighted by atomic mass is 10.1. The molecule has 0 amide bonds. The third-order valence-corrected chi connectivity index (χ3v) is 4.98. The summed E-state index contributed by atoms with van der Waals surface area (Å²) in [5, 5.41) is 12.5. The second kappa shape index (κ2) is 5.74. The van der Waals surface area contributed by atoms with E-state index < -0.39 is 0 Å². The first-order valence-corrected chi connectivity index (χ1v) is 8.30. The Bertz CT molecular complexity index is 975. The van der Waals surface area contributed by atoms with Crippen molar-refractivity contribution in [3.05, 3.63) is 47.8 Å². The van der Waals surface area contributed by atoms with E-state index >= 15 is 0 Å². The highest BCUT2D eigenvalue weighted by Crippen LogP contribution is 2.37. The molecule has 1 aliphatic rings. The average molecular weight is 337 g/mol. The molecule has 0 radical (unpaired) electrons. The van der Waals surface area contributed by atoms with E-state index in [2.05, 4.69) is 28.5 Å². The van der Waals surface area contributed by atoms with Crippen molar-refractivity contribution in [1.29, 1.82) is 5.26 Å². The average Bonchev–Trinajstić information content (AvgIpc) is 3.15. The maximum atomic E-state index is 9.28. The Morgan fingerprint density at radius 3 is 3.08 bits per heavy atom. The molecule has 24 heavy (non-hydrogen) atoms. The fourth-order valence-electron chi connectivity index (χ4n) is 2.87. The van der Waals surface area contributed by atoms with Gasteiger partial charge in [0, 0.05) is 23.2 Å². The third kappa shape index (κ3) is 2.46. The molecule has 0 saturated heterocycles. The summed E-state index contributed by atoms with van der Waals surface area (Å²) < 4.78 is 7.27. The molecule has 3 aromatic rings. The molecule has 2 heterocycles. The molecule has 1 aromatic heterocycles. The number of methoxy groups -OCH3 is 1. The van der Waals surface area contributed by atoms with Crippen molar-refractivity contribution in [2.45, 2.75) is 16.9 Å². The quantitative estimate of drug-likeness (QED) is 0.764. The molecule has 0 aliphatic carbocycles. The van der Waals surface area contributed by atoms with Crippen molar-refractivity contribution in [3.63, 3.8) is 0 Å². The van der Waals surface area contributed by atoms with Gasteiger partial charge in [-0.15, -0.1) is 0 Å². The Hall–Kier alpha value is -2.69. The predicted molar refractivity (Wildman–Crippen MR) is 94.0 cm³/mol. The Kier molecular flexibility index (Phi) is 3.56. The van der Waals surface area contributed by atoms with E-state index in [9.17, 15) is 5.26 Å². The summed E-state index contributed by atoms with van der Waals surface area (Å²) in [6, 6.07) is 12.0. The van der Waals surface area contributed by atoms with E-state index in [1.165, 1.54) is 0 Å². The van der Waals surface area contributed by atoms with Gasteiger partial charge >= 0.3 is 0 Å². The smallest absolute Gasteiger partial charge is 0.138 e. The number of rotatable bonds is 3. The van der Waals surface area contributed by atoms with E-state index in [4.69, 9.17) is 10.5 Å². The summed E-state index contributed by atoms with van der Waals surface area (Å²) in [7, 11) is 1.56. The van der Waals surface area contributed by atoms with E-state index in [-0.39, 0.29) is 5.50 Å². The lowest BCUT2D eigenvalue weighted by molar-refractivity contribution is 0.414. The van der Waals surface area contributed by atoms with Gasteiger partial charge in [-0.2, -0.15) is 5.26 Å². The van der Waals surface area contributed by atoms with Crippen LogP contribution in [0.4, 0.5) is 5.69 Å². The first-order chi connectivity index (χ1) is 11.7. The Balaban J connectivity index is 1.71. The molecule has 0 spiro atoms. The zero-order valence-electron chi connectivity index (χ0n) is 13.0. The maximum absolute atomic E-state index is 9.28. The van der Waals surface area contributed by atoms with Gasteiger partial charge in [-0.1, -0.05) is 17.8 Å². The summed E-state index contributed by atoms with van der Waals surface area (Å²) >= 11 is 1.61. The second-order valence-electron chi connectivity index (χ2n) is 5.54. The molecule has 1 atom stereocenters. The third-order valence-electron chi connectivity index (χ3n) is 4.01. The molecule has 6 nitrogen and oxygen atoms in total. The fraction of sp³-hybridized carbons (Fsp3) is 0.176. The molecule has 3 N–H and O–H groups in total. The highest BCUT2D eigenvalue weighted by molar-refractivity contribution is 8.00. The van der Waals surface area contributed by atoms with Gasteiger partial charge in [0.1, 0.15) is 17.3 Å². The summed E-state index contributed by atoms with van der Waals surface area (Å²) in [6.07, 6.45) is 1.79. The van der Waals surface area contributed by atoms with Crippen molar-refractivity contribution in [3.8, 4) is 11.8 Å². The van der Waals surface area contributed by atoms with Crippen LogP contribution < -0.4 is 15.8 Å². The molecule has 120 valence electrons. The molecular formula is C17H15N5OS. The van der Waals surface area contributed by atoms with Crippen LogP contribution >= 0.6 is 11.8 Å². The monoisotopic (exact) mass is 337 g/mol. The minimum Gasteiger partial charge on any atom is -0.495 e. The normalized spacial score (nSPS) is 15.8. The summed E-state index contributed by atoms with van der Waals surface area (Å²) in [5.41, 5.74) is 10.3. The summed E-state index contributed by atoms with van der Waals surface area (Å²) in [5.74, 6) is 0.546. The first kappa shape index (κ1) is 14.9. The summed E-state index contributed by atoms with van der Waals surface area (Å²) in [4.78, 5) is 5.58. The number of imidazole rings is 1. The van der Waals surface area contributed by atoms with Crippen LogP contribution in [0.1, 0.15) is 11.1 Å². The van der Waals surface area contributed by atoms with Crippen LogP contribution in [-0.4, -0.2) is 22.2 Å². The molecule has 0 bridgehead atoms. The number of benzene rings is 2. The van der Waals surface area contributed by atoms with Gasteiger partial charge in [-0.05, 0) is 23.8 Å². The van der Waals surface area contributed by atoms with Gasteiger partial charge in [-0.25, -0.2) is 4.98 Å². The number of aromatic nitrogens is 2. The van der Waals surface area contributed by atoms with Crippen molar-refractivity contribution >= 4 is 28.5 Å². The van der Waals surface area contributed by atoms with Crippen LogP contribution in [0.2, 0.25) is 0 Å². The molecule has 4 rings (SSSR count). The Labute approximate surface area is 143 Å². The van der Waals surface area contributed by atoms with Crippen molar-refractivity contribution in [2.75, 3.05) is 12.4 Å². The number of nitriles is 1. The lowest BCUT2D eigenvalue weighted by Crippen LogP contribution is -2.20. The zero-order chi connectivity index (χ0) is 16.7. The highest BCUT2D eigenvalue weighted by Gasteiger charge is 2.18. The molecule has 0 fully saturated rings. The largest absolute Gasteiger partial charge is 0.495 e. The molecule has 0 saturated carbocycles. The van der Waals surface area contributed by atoms with E-state index in [0.717, 1.165) is 27.2 Å². The van der Waals surface area contributed by atoms with E-state index in [1.54, 1.807) is 31.3 Å². The van der Waals surface area contributed by atoms with Gasteiger partial charge < -0.3 is 20.4 Å². The highest BCUT2D eigenvalue weighted by atomic mass is 32.2. The van der Waals surface area contributed by atoms with Crippen LogP contribution in [-0.2, 0) is 6.54 Å². The molecule has 2 aromatic carbocycles. The SMILES string of the molecule is COc1cc2ncn(Cc3ccc4c(c3)SC(N)N4)c2cc1C#N. The van der Waals surface area contributed by atoms with Crippen LogP contribution in [0.5, 0.6) is 5.75 Å². The van der Waals surface area contributed by atoms with Gasteiger partial charge in [0.25, 0.3) is 0 Å². The Morgan fingerprint density at radius 1 is 1.42 bits per heavy atom. The van der Waals surface area contributed by atoms with E-state index in [0.29, 0.717) is 17.9 Å². The van der Waals surface area contributed by atoms with Crippen LogP contribution in [0.15, 0.2) is 41.6 Å². The zero-order valence-corrected chi connectivity index (χ0v) is 13.8. The topological polar surface area (TPSA) is 88.9 Å². The molecule has 7 heteroatoms. The molecular weight excluding hydrogens is 322 g/mol. The number of hydrogen-bond donors (Lipinski definition) is 2. The molecule has 1 aliphatic heterocycles. The predicted octanol–water partition coefficient (Wildman–Crippen LogP) is 2.72. The van der Waals surface area contributed by atoms with Crippen molar-refractivity contribution in [1.82, 2.24) is 9.55 Å². The van der Waals surface area contributed by atoms with E-state index in [1.807, 2.05) is 16.7 Å².